The highest BCUT2D eigenvalue weighted by Gasteiger charge is 2.57. The number of benzene rings is 1. The van der Waals surface area contributed by atoms with Crippen LogP contribution in [0.5, 0.6) is 0 Å². The predicted octanol–water partition coefficient (Wildman–Crippen LogP) is 3.01. The summed E-state index contributed by atoms with van der Waals surface area (Å²) >= 11 is 0. The first-order valence-corrected chi connectivity index (χ1v) is 12.5. The van der Waals surface area contributed by atoms with E-state index in [1.807, 2.05) is 30.0 Å². The first kappa shape index (κ1) is 21.5. The van der Waals surface area contributed by atoms with Gasteiger partial charge in [-0.2, -0.15) is 0 Å². The minimum Gasteiger partial charge on any atom is -0.352 e. The molecule has 6 heteroatoms. The Morgan fingerprint density at radius 2 is 1.69 bits per heavy atom. The Bertz CT molecular complexity index is 881. The molecule has 5 rings (SSSR count). The Balaban J connectivity index is 1.25. The fraction of sp³-hybridized carbons (Fsp3) is 0.654. The summed E-state index contributed by atoms with van der Waals surface area (Å²) in [5.74, 6) is 0.346. The number of hydrogen-bond acceptors (Lipinski definition) is 3. The van der Waals surface area contributed by atoms with E-state index in [1.54, 1.807) is 4.90 Å². The van der Waals surface area contributed by atoms with Crippen molar-refractivity contribution in [1.29, 1.82) is 0 Å². The molecule has 1 aromatic rings. The number of likely N-dealkylation sites (tertiary alicyclic amines) is 2. The highest BCUT2D eigenvalue weighted by atomic mass is 16.2. The van der Waals surface area contributed by atoms with Gasteiger partial charge in [0.25, 0.3) is 0 Å². The van der Waals surface area contributed by atoms with Crippen LogP contribution in [0.15, 0.2) is 30.3 Å². The average molecular weight is 438 g/mol. The van der Waals surface area contributed by atoms with Gasteiger partial charge in [-0.05, 0) is 57.4 Å². The Kier molecular flexibility index (Phi) is 5.50. The lowest BCUT2D eigenvalue weighted by Gasteiger charge is -2.39. The fourth-order valence-electron chi connectivity index (χ4n) is 6.35. The van der Waals surface area contributed by atoms with E-state index in [2.05, 4.69) is 17.4 Å². The number of likely N-dealkylation sites (N-methyl/N-ethyl adjacent to an activating group) is 1. The van der Waals surface area contributed by atoms with Gasteiger partial charge in [0, 0.05) is 25.7 Å². The summed E-state index contributed by atoms with van der Waals surface area (Å²) < 4.78 is 0. The maximum absolute atomic E-state index is 13.4. The minimum atomic E-state index is -0.492. The molecule has 1 aromatic carbocycles. The van der Waals surface area contributed by atoms with Crippen LogP contribution in [0.4, 0.5) is 0 Å². The van der Waals surface area contributed by atoms with E-state index in [0.29, 0.717) is 38.9 Å². The molecule has 0 bridgehead atoms. The van der Waals surface area contributed by atoms with Crippen LogP contribution in [0, 0.1) is 5.41 Å². The van der Waals surface area contributed by atoms with Crippen molar-refractivity contribution < 1.29 is 14.4 Å². The predicted molar refractivity (Wildman–Crippen MR) is 122 cm³/mol. The van der Waals surface area contributed by atoms with Gasteiger partial charge in [-0.25, -0.2) is 0 Å². The first-order valence-electron chi connectivity index (χ1n) is 12.5. The van der Waals surface area contributed by atoms with Gasteiger partial charge in [0.15, 0.2) is 0 Å². The van der Waals surface area contributed by atoms with Gasteiger partial charge in [-0.15, -0.1) is 0 Å². The SMILES string of the molecule is CCN1C(=O)C2(CCN(C(=O)C3(c4ccccc4)CC3)CC2)CC1C(=O)NC1CCCC1. The second-order valence-corrected chi connectivity index (χ2v) is 10.3. The molecule has 2 saturated heterocycles. The summed E-state index contributed by atoms with van der Waals surface area (Å²) in [4.78, 5) is 43.6. The zero-order valence-electron chi connectivity index (χ0n) is 19.1. The van der Waals surface area contributed by atoms with Crippen LogP contribution in [0.2, 0.25) is 0 Å². The number of amides is 3. The number of hydrogen-bond donors (Lipinski definition) is 1. The van der Waals surface area contributed by atoms with Crippen molar-refractivity contribution in [1.82, 2.24) is 15.1 Å². The molecule has 4 aliphatic rings. The number of carbonyl (C=O) groups excluding carboxylic acids is 3. The van der Waals surface area contributed by atoms with Crippen LogP contribution in [0.1, 0.15) is 70.3 Å². The molecule has 2 heterocycles. The molecule has 1 spiro atoms. The highest BCUT2D eigenvalue weighted by Crippen LogP contribution is 2.51. The molecule has 32 heavy (non-hydrogen) atoms. The lowest BCUT2D eigenvalue weighted by Crippen LogP contribution is -2.49. The molecule has 2 aliphatic carbocycles. The summed E-state index contributed by atoms with van der Waals surface area (Å²) in [6.07, 6.45) is 8.15. The normalized spacial score (nSPS) is 26.5. The Labute approximate surface area is 190 Å². The third-order valence-corrected chi connectivity index (χ3v) is 8.51. The van der Waals surface area contributed by atoms with Crippen LogP contribution in [-0.4, -0.2) is 59.2 Å². The zero-order valence-corrected chi connectivity index (χ0v) is 19.1. The van der Waals surface area contributed by atoms with Crippen molar-refractivity contribution >= 4 is 17.7 Å². The summed E-state index contributed by atoms with van der Waals surface area (Å²) in [5, 5.41) is 3.20. The van der Waals surface area contributed by atoms with Gasteiger partial charge in [-0.1, -0.05) is 43.2 Å². The Hall–Kier alpha value is -2.37. The number of nitrogens with zero attached hydrogens (tertiary/aromatic N) is 2. The first-order chi connectivity index (χ1) is 15.5. The standard InChI is InChI=1S/C26H35N3O3/c1-2-29-21(22(30)27-20-10-6-7-11-20)18-25(23(29)31)14-16-28(17-15-25)24(32)26(12-13-26)19-8-4-3-5-9-19/h3-5,8-9,20-21H,2,6-7,10-18H2,1H3,(H,27,30). The molecular formula is C26H35N3O3. The van der Waals surface area contributed by atoms with Crippen LogP contribution in [-0.2, 0) is 19.8 Å². The van der Waals surface area contributed by atoms with E-state index in [-0.39, 0.29) is 35.2 Å². The van der Waals surface area contributed by atoms with E-state index < -0.39 is 5.41 Å². The minimum absolute atomic E-state index is 0.0171. The van der Waals surface area contributed by atoms with Crippen LogP contribution in [0.25, 0.3) is 0 Å². The highest BCUT2D eigenvalue weighted by molar-refractivity contribution is 5.95. The van der Waals surface area contributed by atoms with Crippen molar-refractivity contribution in [3.05, 3.63) is 35.9 Å². The van der Waals surface area contributed by atoms with E-state index in [0.717, 1.165) is 31.2 Å². The zero-order chi connectivity index (χ0) is 22.3. The lowest BCUT2D eigenvalue weighted by molar-refractivity contribution is -0.144. The van der Waals surface area contributed by atoms with Gasteiger partial charge in [0.1, 0.15) is 6.04 Å². The quantitative estimate of drug-likeness (QED) is 0.770. The second kappa shape index (κ2) is 8.20. The van der Waals surface area contributed by atoms with E-state index in [1.165, 1.54) is 12.8 Å². The maximum atomic E-state index is 13.4. The van der Waals surface area contributed by atoms with Gasteiger partial charge in [-0.3, -0.25) is 14.4 Å². The van der Waals surface area contributed by atoms with Crippen LogP contribution >= 0.6 is 0 Å². The van der Waals surface area contributed by atoms with Crippen LogP contribution < -0.4 is 5.32 Å². The van der Waals surface area contributed by atoms with Crippen molar-refractivity contribution in [3.63, 3.8) is 0 Å². The number of carbonyl (C=O) groups is 3. The summed E-state index contributed by atoms with van der Waals surface area (Å²) in [5.41, 5.74) is 0.265. The Morgan fingerprint density at radius 3 is 2.28 bits per heavy atom. The molecular weight excluding hydrogens is 402 g/mol. The molecule has 1 atom stereocenters. The van der Waals surface area contributed by atoms with Crippen LogP contribution in [0.3, 0.4) is 0 Å². The molecule has 0 radical (unpaired) electrons. The monoisotopic (exact) mass is 437 g/mol. The van der Waals surface area contributed by atoms with E-state index >= 15 is 0 Å². The van der Waals surface area contributed by atoms with Gasteiger partial charge < -0.3 is 15.1 Å². The summed E-state index contributed by atoms with van der Waals surface area (Å²) in [7, 11) is 0. The van der Waals surface area contributed by atoms with Gasteiger partial charge >= 0.3 is 0 Å². The maximum Gasteiger partial charge on any atom is 0.243 e. The van der Waals surface area contributed by atoms with Crippen molar-refractivity contribution in [2.45, 2.75) is 82.2 Å². The number of nitrogens with one attached hydrogen (secondary N) is 1. The molecule has 3 amide bonds. The van der Waals surface area contributed by atoms with E-state index in [9.17, 15) is 14.4 Å². The van der Waals surface area contributed by atoms with Gasteiger partial charge in [0.2, 0.25) is 17.7 Å². The molecule has 1 N–H and O–H groups in total. The molecule has 4 fully saturated rings. The smallest absolute Gasteiger partial charge is 0.243 e. The topological polar surface area (TPSA) is 69.7 Å². The molecule has 2 saturated carbocycles. The summed E-state index contributed by atoms with van der Waals surface area (Å²) in [6.45, 7) is 3.73. The largest absolute Gasteiger partial charge is 0.352 e. The van der Waals surface area contributed by atoms with Gasteiger partial charge in [0.05, 0.1) is 10.8 Å². The molecule has 172 valence electrons. The number of rotatable bonds is 5. The van der Waals surface area contributed by atoms with Crippen molar-refractivity contribution in [2.24, 2.45) is 5.41 Å². The van der Waals surface area contributed by atoms with Crippen molar-refractivity contribution in [3.8, 4) is 0 Å². The third kappa shape index (κ3) is 3.52. The fourth-order valence-corrected chi connectivity index (χ4v) is 6.35. The molecule has 0 aromatic heterocycles. The third-order valence-electron chi connectivity index (χ3n) is 8.51. The second-order valence-electron chi connectivity index (χ2n) is 10.3. The van der Waals surface area contributed by atoms with Crippen molar-refractivity contribution in [2.75, 3.05) is 19.6 Å². The molecule has 1 unspecified atom stereocenters. The van der Waals surface area contributed by atoms with E-state index in [4.69, 9.17) is 0 Å². The molecule has 6 nitrogen and oxygen atoms in total. The lowest BCUT2D eigenvalue weighted by atomic mass is 9.75. The average Bonchev–Trinajstić information content (AvgIpc) is 3.40. The number of piperidine rings is 1. The molecule has 2 aliphatic heterocycles. The Morgan fingerprint density at radius 1 is 1.03 bits per heavy atom. The summed E-state index contributed by atoms with van der Waals surface area (Å²) in [6, 6.07) is 10.0.